The summed E-state index contributed by atoms with van der Waals surface area (Å²) in [5, 5.41) is 119. The van der Waals surface area contributed by atoms with E-state index < -0.39 is 119 Å². The minimum absolute atomic E-state index is 0.0751. The van der Waals surface area contributed by atoms with E-state index in [1.54, 1.807) is 58.9 Å². The van der Waals surface area contributed by atoms with Gasteiger partial charge < -0.3 is 71.4 Å². The van der Waals surface area contributed by atoms with Gasteiger partial charge in [0.25, 0.3) is 11.8 Å². The highest BCUT2D eigenvalue weighted by atomic mass is 16.6. The van der Waals surface area contributed by atoms with Crippen molar-refractivity contribution in [2.45, 2.75) is 232 Å². The van der Waals surface area contributed by atoms with E-state index in [1.165, 1.54) is 46.4 Å². The number of imide groups is 1. The van der Waals surface area contributed by atoms with Crippen molar-refractivity contribution < 1.29 is 84.8 Å². The zero-order valence-corrected chi connectivity index (χ0v) is 50.7. The van der Waals surface area contributed by atoms with E-state index in [0.29, 0.717) is 56.7 Å². The number of aliphatic hydroxyl groups excluding tert-OH is 7. The minimum Gasteiger partial charge on any atom is -0.459 e. The van der Waals surface area contributed by atoms with Crippen molar-refractivity contribution in [3.63, 3.8) is 0 Å². The molecule has 21 heteroatoms. The van der Waals surface area contributed by atoms with E-state index in [1.807, 2.05) is 25.7 Å². The first-order valence-corrected chi connectivity index (χ1v) is 29.0. The number of rotatable bonds is 11. The Hall–Kier alpha value is -3.26. The number of benzene rings is 1. The summed E-state index contributed by atoms with van der Waals surface area (Å²) in [5.41, 5.74) is -0.229. The van der Waals surface area contributed by atoms with Crippen LogP contribution in [0.4, 0.5) is 0 Å². The number of nitrogens with zero attached hydrogens (tertiary/aromatic N) is 3. The standard InChI is InChI=1S/C33H52N2O9.C25H50N2O7.CH4O/c1-8-25-33(7,43)28(38)22(5)34(15-11-12-16-35-29(39)23-13-9-10-14-24(23)30(35)40)18-19(2)17-32(6,42)27(37)20(3)26(36)21(4)31(41)44-25;1-8-19-25(7,33)22(30)18(5)27(12-10-9-11-26)14-15(2)13-24(6,32)21(29)16(3)20(28)17(4)23(31)34-19;1-2/h9-10,13-14,19-22,25-28,36-38,42-43H,8,11-12,15-18H2,1-7H3;15-22,28-30,32-33H,8-14,26H2,1-7H3;2H,1H3/t19-,20+,21-,22-,25-,26+,27-,28-,32-,33-;15-,16+,17-,18-,19-,20+,21-,22-,24-,25-;/m11./s1. The maximum absolute atomic E-state index is 13.1. The van der Waals surface area contributed by atoms with Crippen LogP contribution in [0.5, 0.6) is 0 Å². The van der Waals surface area contributed by atoms with E-state index in [2.05, 4.69) is 4.90 Å². The number of hydrogen-bond donors (Lipinski definition) is 12. The molecule has 0 radical (unpaired) electrons. The second-order valence-corrected chi connectivity index (χ2v) is 24.5. The maximum Gasteiger partial charge on any atom is 0.311 e. The summed E-state index contributed by atoms with van der Waals surface area (Å²) in [6.45, 7) is 25.7. The van der Waals surface area contributed by atoms with Crippen LogP contribution in [0.25, 0.3) is 0 Å². The fraction of sp³-hybridized carbons (Fsp3) is 0.831. The van der Waals surface area contributed by atoms with Crippen LogP contribution < -0.4 is 5.73 Å². The molecule has 3 aliphatic heterocycles. The summed E-state index contributed by atoms with van der Waals surface area (Å²) >= 11 is 0. The molecule has 3 aliphatic rings. The number of aliphatic hydroxyl groups is 11. The van der Waals surface area contributed by atoms with Gasteiger partial charge in [-0.2, -0.15) is 0 Å². The number of ether oxygens (including phenoxy) is 2. The number of carbonyl (C=O) groups excluding carboxylic acids is 4. The highest BCUT2D eigenvalue weighted by molar-refractivity contribution is 6.21. The lowest BCUT2D eigenvalue weighted by Gasteiger charge is -2.43. The van der Waals surface area contributed by atoms with Crippen molar-refractivity contribution in [2.24, 2.45) is 41.2 Å². The number of amides is 2. The molecular weight excluding hydrogens is 1040 g/mol. The van der Waals surface area contributed by atoms with Gasteiger partial charge in [-0.1, -0.05) is 53.7 Å². The third-order valence-electron chi connectivity index (χ3n) is 17.4. The number of unbranched alkanes of at least 4 members (excludes halogenated alkanes) is 2. The number of nitrogens with two attached hydrogens (primary N) is 1. The van der Waals surface area contributed by atoms with Crippen LogP contribution in [0.2, 0.25) is 0 Å². The molecule has 1 aromatic rings. The third kappa shape index (κ3) is 18.1. The van der Waals surface area contributed by atoms with Gasteiger partial charge >= 0.3 is 11.9 Å². The van der Waals surface area contributed by atoms with E-state index in [-0.39, 0.29) is 55.9 Å². The van der Waals surface area contributed by atoms with Gasteiger partial charge in [0.1, 0.15) is 35.6 Å². The van der Waals surface area contributed by atoms with E-state index >= 15 is 0 Å². The fourth-order valence-corrected chi connectivity index (χ4v) is 12.2. The Bertz CT molecular complexity index is 2040. The molecule has 464 valence electrons. The van der Waals surface area contributed by atoms with Crippen molar-refractivity contribution in [1.82, 2.24) is 14.7 Å². The van der Waals surface area contributed by atoms with Gasteiger partial charge in [-0.05, 0) is 150 Å². The molecule has 0 spiro atoms. The monoisotopic (exact) mass is 1140 g/mol. The van der Waals surface area contributed by atoms with Crippen molar-refractivity contribution in [3.8, 4) is 0 Å². The Morgan fingerprint density at radius 1 is 0.537 bits per heavy atom. The molecule has 13 N–H and O–H groups in total. The Kier molecular flexibility index (Phi) is 28.8. The minimum atomic E-state index is -1.84. The Morgan fingerprint density at radius 2 is 0.863 bits per heavy atom. The highest BCUT2D eigenvalue weighted by Gasteiger charge is 2.50. The molecule has 21 nitrogen and oxygen atoms in total. The molecule has 0 unspecified atom stereocenters. The van der Waals surface area contributed by atoms with Gasteiger partial charge in [-0.25, -0.2) is 0 Å². The first-order valence-electron chi connectivity index (χ1n) is 29.0. The molecule has 1 aromatic carbocycles. The van der Waals surface area contributed by atoms with Crippen molar-refractivity contribution >= 4 is 23.8 Å². The van der Waals surface area contributed by atoms with E-state index in [9.17, 15) is 70.2 Å². The number of carbonyl (C=O) groups is 4. The van der Waals surface area contributed by atoms with Crippen molar-refractivity contribution in [1.29, 1.82) is 0 Å². The molecule has 3 heterocycles. The van der Waals surface area contributed by atoms with Crippen molar-refractivity contribution in [3.05, 3.63) is 35.4 Å². The predicted molar refractivity (Wildman–Crippen MR) is 303 cm³/mol. The normalized spacial score (nSPS) is 39.9. The average Bonchev–Trinajstić information content (AvgIpc) is 3.67. The summed E-state index contributed by atoms with van der Waals surface area (Å²) in [6.07, 6.45) is -6.32. The van der Waals surface area contributed by atoms with Gasteiger partial charge in [0, 0.05) is 50.7 Å². The molecule has 0 bridgehead atoms. The number of cyclic esters (lactones) is 2. The second kappa shape index (κ2) is 31.6. The summed E-state index contributed by atoms with van der Waals surface area (Å²) in [7, 11) is 1.00. The van der Waals surface area contributed by atoms with Crippen molar-refractivity contribution in [2.75, 3.05) is 46.4 Å². The smallest absolute Gasteiger partial charge is 0.311 e. The Morgan fingerprint density at radius 3 is 1.19 bits per heavy atom. The van der Waals surface area contributed by atoms with Crippen LogP contribution >= 0.6 is 0 Å². The van der Waals surface area contributed by atoms with Gasteiger partial charge in [0.15, 0.2) is 0 Å². The van der Waals surface area contributed by atoms with Gasteiger partial charge in [0.05, 0.1) is 58.6 Å². The summed E-state index contributed by atoms with van der Waals surface area (Å²) in [5.74, 6) is -6.15. The quantitative estimate of drug-likeness (QED) is 0.0858. The average molecular weight is 1140 g/mol. The molecule has 2 amide bonds. The number of hydrogen-bond acceptors (Lipinski definition) is 20. The van der Waals surface area contributed by atoms with E-state index in [4.69, 9.17) is 20.3 Å². The topological polar surface area (TPSA) is 345 Å². The molecule has 2 fully saturated rings. The van der Waals surface area contributed by atoms with Gasteiger partial charge in [0.2, 0.25) is 0 Å². The number of fused-ring (bicyclic) bond motifs is 1. The largest absolute Gasteiger partial charge is 0.459 e. The molecule has 80 heavy (non-hydrogen) atoms. The summed E-state index contributed by atoms with van der Waals surface area (Å²) in [6, 6.07) is 5.63. The Balaban J connectivity index is 0.000000548. The van der Waals surface area contributed by atoms with E-state index in [0.717, 1.165) is 20.0 Å². The lowest BCUT2D eigenvalue weighted by atomic mass is 9.78. The third-order valence-corrected chi connectivity index (χ3v) is 17.4. The number of esters is 2. The molecule has 0 aromatic heterocycles. The van der Waals surface area contributed by atoms with Crippen LogP contribution in [-0.4, -0.2) is 224 Å². The summed E-state index contributed by atoms with van der Waals surface area (Å²) in [4.78, 5) is 56.8. The SMILES string of the molecule is CC[C@H]1OC(=O)[C@H](C)[C@@H](O)[C@H](C)[C@@H](O)[C@](C)(O)C[C@@H](C)CN(CCCCN)[C@H](C)[C@@H](O)[C@]1(C)O.CC[C@H]1OC(=O)[C@H](C)[C@@H](O)[C@H](C)[C@@H](O)[C@](C)(O)C[C@@H](C)CN(CCCCN2C(=O)c3ccccc3C2=O)[C@H](C)[C@@H](O)[C@]1(C)O.CO. The molecular formula is C59H106N4O17. The summed E-state index contributed by atoms with van der Waals surface area (Å²) < 4.78 is 11.2. The predicted octanol–water partition coefficient (Wildman–Crippen LogP) is 2.21. The molecule has 2 saturated heterocycles. The van der Waals surface area contributed by atoms with Crippen LogP contribution in [0.3, 0.4) is 0 Å². The first kappa shape index (κ1) is 72.8. The van der Waals surface area contributed by atoms with Gasteiger partial charge in [-0.3, -0.25) is 33.9 Å². The maximum atomic E-state index is 13.1. The lowest BCUT2D eigenvalue weighted by Crippen LogP contribution is -2.59. The Labute approximate surface area is 476 Å². The molecule has 0 aliphatic carbocycles. The van der Waals surface area contributed by atoms with Crippen LogP contribution in [0, 0.1) is 35.5 Å². The second-order valence-electron chi connectivity index (χ2n) is 24.5. The molecule has 0 saturated carbocycles. The van der Waals surface area contributed by atoms with Gasteiger partial charge in [-0.15, -0.1) is 0 Å². The lowest BCUT2D eigenvalue weighted by molar-refractivity contribution is -0.194. The zero-order valence-electron chi connectivity index (χ0n) is 50.7. The molecule has 4 rings (SSSR count). The van der Waals surface area contributed by atoms with Crippen LogP contribution in [0.15, 0.2) is 24.3 Å². The fourth-order valence-electron chi connectivity index (χ4n) is 12.2. The zero-order chi connectivity index (χ0) is 61.6. The first-order chi connectivity index (χ1) is 37.1. The molecule has 20 atom stereocenters. The van der Waals surface area contributed by atoms with Crippen LogP contribution in [-0.2, 0) is 19.1 Å². The highest BCUT2D eigenvalue weighted by Crippen LogP contribution is 2.35. The van der Waals surface area contributed by atoms with Crippen LogP contribution in [0.1, 0.15) is 169 Å².